The summed E-state index contributed by atoms with van der Waals surface area (Å²) in [6, 6.07) is 6.46. The van der Waals surface area contributed by atoms with Crippen molar-refractivity contribution >= 4 is 44.4 Å². The minimum Gasteiger partial charge on any atom is -0.273 e. The number of benzene rings is 2. The number of hydrogen-bond acceptors (Lipinski definition) is 4. The van der Waals surface area contributed by atoms with Crippen LogP contribution in [0.25, 0.3) is 10.2 Å². The van der Waals surface area contributed by atoms with Crippen molar-refractivity contribution in [1.82, 2.24) is 4.98 Å². The van der Waals surface area contributed by atoms with Gasteiger partial charge in [0.25, 0.3) is 0 Å². The molecule has 0 bridgehead atoms. The number of carbonyl (C=O) groups excluding carboxylic acids is 1. The van der Waals surface area contributed by atoms with Crippen LogP contribution < -0.4 is 4.90 Å². The number of fused-ring (bicyclic) bond motifs is 1. The molecule has 1 atom stereocenters. The topological polar surface area (TPSA) is 33.2 Å². The van der Waals surface area contributed by atoms with Gasteiger partial charge in [-0.05, 0) is 30.3 Å². The number of halogens is 5. The van der Waals surface area contributed by atoms with Gasteiger partial charge in [-0.1, -0.05) is 17.4 Å². The smallest absolute Gasteiger partial charge is 0.273 e. The molecule has 1 saturated heterocycles. The second-order valence-corrected chi connectivity index (χ2v) is 7.82. The number of aromatic nitrogens is 1. The largest absolute Gasteiger partial charge is 0.416 e. The van der Waals surface area contributed by atoms with Crippen molar-refractivity contribution in [2.75, 3.05) is 10.7 Å². The zero-order valence-electron chi connectivity index (χ0n) is 13.3. The second-order valence-electron chi connectivity index (χ2n) is 5.74. The average Bonchev–Trinajstić information content (AvgIpc) is 3.16. The highest BCUT2D eigenvalue weighted by molar-refractivity contribution is 8.00. The van der Waals surface area contributed by atoms with Gasteiger partial charge in [0.1, 0.15) is 17.0 Å². The molecule has 0 aliphatic carbocycles. The highest BCUT2D eigenvalue weighted by Crippen LogP contribution is 2.46. The van der Waals surface area contributed by atoms with Crippen LogP contribution in [0.15, 0.2) is 36.4 Å². The van der Waals surface area contributed by atoms with Crippen molar-refractivity contribution in [3.63, 3.8) is 0 Å². The molecule has 1 aliphatic rings. The molecule has 1 unspecified atom stereocenters. The Morgan fingerprint density at radius 1 is 1.11 bits per heavy atom. The van der Waals surface area contributed by atoms with Gasteiger partial charge in [0.15, 0.2) is 5.13 Å². The van der Waals surface area contributed by atoms with E-state index in [0.29, 0.717) is 0 Å². The van der Waals surface area contributed by atoms with Crippen molar-refractivity contribution in [2.45, 2.75) is 11.6 Å². The number of rotatable bonds is 2. The van der Waals surface area contributed by atoms with E-state index in [4.69, 9.17) is 0 Å². The lowest BCUT2D eigenvalue weighted by Crippen LogP contribution is -2.28. The first-order valence-corrected chi connectivity index (χ1v) is 9.47. The lowest BCUT2D eigenvalue weighted by atomic mass is 10.2. The molecule has 0 saturated carbocycles. The first-order valence-electron chi connectivity index (χ1n) is 7.61. The van der Waals surface area contributed by atoms with Gasteiger partial charge in [-0.2, -0.15) is 13.2 Å². The summed E-state index contributed by atoms with van der Waals surface area (Å²) < 4.78 is 67.3. The summed E-state index contributed by atoms with van der Waals surface area (Å²) in [4.78, 5) is 17.7. The molecule has 2 heterocycles. The van der Waals surface area contributed by atoms with Crippen LogP contribution in [-0.4, -0.2) is 16.6 Å². The number of hydrogen-bond donors (Lipinski definition) is 0. The predicted molar refractivity (Wildman–Crippen MR) is 93.7 cm³/mol. The number of alkyl halides is 3. The van der Waals surface area contributed by atoms with Crippen LogP contribution in [0.2, 0.25) is 0 Å². The molecular weight excluding hydrogens is 407 g/mol. The molecule has 1 amide bonds. The molecule has 3 aromatic rings. The van der Waals surface area contributed by atoms with Gasteiger partial charge >= 0.3 is 6.18 Å². The summed E-state index contributed by atoms with van der Waals surface area (Å²) in [6.45, 7) is 0. The first-order chi connectivity index (χ1) is 12.8. The van der Waals surface area contributed by atoms with Crippen molar-refractivity contribution in [3.8, 4) is 0 Å². The normalized spacial score (nSPS) is 17.9. The van der Waals surface area contributed by atoms with E-state index in [1.165, 1.54) is 12.1 Å². The van der Waals surface area contributed by atoms with Gasteiger partial charge in [-0.15, -0.1) is 11.8 Å². The Labute approximate surface area is 157 Å². The molecule has 0 spiro atoms. The third-order valence-corrected chi connectivity index (χ3v) is 6.22. The summed E-state index contributed by atoms with van der Waals surface area (Å²) in [6.07, 6.45) is -4.50. The van der Waals surface area contributed by atoms with Crippen molar-refractivity contribution in [2.24, 2.45) is 0 Å². The van der Waals surface area contributed by atoms with E-state index in [0.717, 1.165) is 52.3 Å². The fourth-order valence-corrected chi connectivity index (χ4v) is 5.10. The number of thioether (sulfide) groups is 1. The maximum absolute atomic E-state index is 14.2. The molecule has 27 heavy (non-hydrogen) atoms. The Kier molecular flexibility index (Phi) is 4.34. The van der Waals surface area contributed by atoms with Crippen molar-refractivity contribution in [3.05, 3.63) is 59.2 Å². The van der Waals surface area contributed by atoms with E-state index in [9.17, 15) is 26.7 Å². The van der Waals surface area contributed by atoms with Crippen LogP contribution in [0, 0.1) is 11.6 Å². The number of amides is 1. The standard InChI is InChI=1S/C17H9F5N2OS2/c18-9-2-1-3-10(19)14(9)15-24(13(25)7-26-15)16-23-11-5-4-8(17(20,21)22)6-12(11)27-16/h1-6,15H,7H2. The van der Waals surface area contributed by atoms with E-state index >= 15 is 0 Å². The fraction of sp³-hybridized carbons (Fsp3) is 0.176. The Morgan fingerprint density at radius 2 is 1.81 bits per heavy atom. The molecule has 1 aromatic heterocycles. The Bertz CT molecular complexity index is 1030. The lowest BCUT2D eigenvalue weighted by molar-refractivity contribution is -0.137. The molecule has 0 N–H and O–H groups in total. The summed E-state index contributed by atoms with van der Waals surface area (Å²) in [5.41, 5.74) is -0.826. The quantitative estimate of drug-likeness (QED) is 0.527. The van der Waals surface area contributed by atoms with E-state index in [1.807, 2.05) is 0 Å². The van der Waals surface area contributed by atoms with E-state index in [2.05, 4.69) is 4.98 Å². The summed E-state index contributed by atoms with van der Waals surface area (Å²) >= 11 is 1.91. The zero-order chi connectivity index (χ0) is 19.3. The molecule has 2 aromatic carbocycles. The van der Waals surface area contributed by atoms with Gasteiger partial charge in [0, 0.05) is 0 Å². The van der Waals surface area contributed by atoms with Crippen LogP contribution in [0.3, 0.4) is 0 Å². The van der Waals surface area contributed by atoms with Gasteiger partial charge < -0.3 is 0 Å². The van der Waals surface area contributed by atoms with E-state index in [-0.39, 0.29) is 26.7 Å². The van der Waals surface area contributed by atoms with Crippen LogP contribution in [0.5, 0.6) is 0 Å². The molecule has 1 aliphatic heterocycles. The van der Waals surface area contributed by atoms with Gasteiger partial charge in [-0.25, -0.2) is 13.8 Å². The number of carbonyl (C=O) groups is 1. The molecular formula is C17H9F5N2OS2. The molecule has 4 rings (SSSR count). The van der Waals surface area contributed by atoms with E-state index < -0.39 is 34.7 Å². The second kappa shape index (κ2) is 6.45. The number of thiazole rings is 1. The summed E-state index contributed by atoms with van der Waals surface area (Å²) in [5.74, 6) is -2.02. The van der Waals surface area contributed by atoms with Gasteiger partial charge in [0.2, 0.25) is 5.91 Å². The highest BCUT2D eigenvalue weighted by Gasteiger charge is 2.39. The van der Waals surface area contributed by atoms with Gasteiger partial charge in [-0.3, -0.25) is 9.69 Å². The maximum atomic E-state index is 14.2. The Balaban J connectivity index is 1.79. The minimum absolute atomic E-state index is 0.0117. The van der Waals surface area contributed by atoms with Crippen molar-refractivity contribution in [1.29, 1.82) is 0 Å². The Hall–Kier alpha value is -2.20. The van der Waals surface area contributed by atoms with E-state index in [1.54, 1.807) is 0 Å². The summed E-state index contributed by atoms with van der Waals surface area (Å²) in [7, 11) is 0. The molecule has 1 fully saturated rings. The number of anilines is 1. The monoisotopic (exact) mass is 416 g/mol. The van der Waals surface area contributed by atoms with Crippen LogP contribution in [-0.2, 0) is 11.0 Å². The third kappa shape index (κ3) is 3.16. The molecule has 3 nitrogen and oxygen atoms in total. The van der Waals surface area contributed by atoms with Crippen LogP contribution in [0.4, 0.5) is 27.1 Å². The SMILES string of the molecule is O=C1CSC(c2c(F)cccc2F)N1c1nc2ccc(C(F)(F)F)cc2s1. The molecule has 10 heteroatoms. The zero-order valence-corrected chi connectivity index (χ0v) is 14.9. The average molecular weight is 416 g/mol. The number of nitrogens with zero attached hydrogens (tertiary/aromatic N) is 2. The lowest BCUT2D eigenvalue weighted by Gasteiger charge is -2.22. The maximum Gasteiger partial charge on any atom is 0.416 e. The predicted octanol–water partition coefficient (Wildman–Crippen LogP) is 5.37. The van der Waals surface area contributed by atoms with Crippen LogP contribution in [0.1, 0.15) is 16.5 Å². The third-order valence-electron chi connectivity index (χ3n) is 4.03. The Morgan fingerprint density at radius 3 is 2.48 bits per heavy atom. The first kappa shape index (κ1) is 18.2. The summed E-state index contributed by atoms with van der Waals surface area (Å²) in [5, 5.41) is -0.867. The highest BCUT2D eigenvalue weighted by atomic mass is 32.2. The molecule has 140 valence electrons. The van der Waals surface area contributed by atoms with Crippen molar-refractivity contribution < 1.29 is 26.7 Å². The minimum atomic E-state index is -4.50. The van der Waals surface area contributed by atoms with Crippen LogP contribution >= 0.6 is 23.1 Å². The fourth-order valence-electron chi connectivity index (χ4n) is 2.78. The molecule has 0 radical (unpaired) electrons. The van der Waals surface area contributed by atoms with Gasteiger partial charge in [0.05, 0.1) is 27.1 Å².